The summed E-state index contributed by atoms with van der Waals surface area (Å²) in [5, 5.41) is 17.1. The number of guanidine groups is 1. The number of hydrogen-bond acceptors (Lipinski definition) is 7. The first-order chi connectivity index (χ1) is 17.3. The second kappa shape index (κ2) is 11.0. The van der Waals surface area contributed by atoms with Gasteiger partial charge in [0.2, 0.25) is 0 Å². The number of aliphatic imine (C=N–C) groups is 1. The predicted octanol–water partition coefficient (Wildman–Crippen LogP) is 3.69. The largest absolute Gasteiger partial charge is 0.481 e. The molecule has 1 heterocycles. The van der Waals surface area contributed by atoms with Gasteiger partial charge in [-0.3, -0.25) is 14.6 Å². The standard InChI is InChI=1S/C26H26N4O5S/c31-24(32)17-23(18-6-2-1-3-7-18)36(34,35)22-9-4-8-21(16-22)29-25(33)19-10-12-20(13-11-19)30-26-27-14-5-15-28-26/h1-4,6-13,16,23H,5,14-15,17H2,(H,29,33)(H,31,32)(H2,27,28,30). The number of rotatable bonds is 8. The molecule has 0 spiro atoms. The van der Waals surface area contributed by atoms with Crippen LogP contribution in [0.3, 0.4) is 0 Å². The van der Waals surface area contributed by atoms with Crippen LogP contribution in [0.2, 0.25) is 0 Å². The Morgan fingerprint density at radius 3 is 2.39 bits per heavy atom. The molecule has 0 saturated heterocycles. The van der Waals surface area contributed by atoms with Gasteiger partial charge in [0.05, 0.1) is 11.3 Å². The van der Waals surface area contributed by atoms with Crippen molar-refractivity contribution >= 4 is 39.0 Å². The highest BCUT2D eigenvalue weighted by atomic mass is 32.2. The molecule has 0 fully saturated rings. The van der Waals surface area contributed by atoms with Crippen LogP contribution in [0.4, 0.5) is 11.4 Å². The summed E-state index contributed by atoms with van der Waals surface area (Å²) in [6.07, 6.45) is 0.407. The van der Waals surface area contributed by atoms with E-state index in [1.807, 2.05) is 0 Å². The Morgan fingerprint density at radius 2 is 1.72 bits per heavy atom. The predicted molar refractivity (Wildman–Crippen MR) is 138 cm³/mol. The molecule has 0 aliphatic carbocycles. The number of hydrogen-bond donors (Lipinski definition) is 4. The van der Waals surface area contributed by atoms with Crippen LogP contribution in [0, 0.1) is 0 Å². The summed E-state index contributed by atoms with van der Waals surface area (Å²) in [4.78, 5) is 28.5. The van der Waals surface area contributed by atoms with E-state index in [0.29, 0.717) is 17.1 Å². The van der Waals surface area contributed by atoms with E-state index in [1.165, 1.54) is 18.2 Å². The Hall–Kier alpha value is -4.18. The molecule has 186 valence electrons. The van der Waals surface area contributed by atoms with E-state index in [9.17, 15) is 23.1 Å². The van der Waals surface area contributed by atoms with Crippen molar-refractivity contribution in [1.82, 2.24) is 5.32 Å². The van der Waals surface area contributed by atoms with Gasteiger partial charge in [-0.05, 0) is 54.4 Å². The van der Waals surface area contributed by atoms with E-state index in [1.54, 1.807) is 60.7 Å². The maximum Gasteiger partial charge on any atom is 0.305 e. The van der Waals surface area contributed by atoms with Crippen LogP contribution in [-0.2, 0) is 14.6 Å². The molecule has 3 aromatic carbocycles. The van der Waals surface area contributed by atoms with Crippen molar-refractivity contribution < 1.29 is 23.1 Å². The number of sulfone groups is 1. The number of carbonyl (C=O) groups excluding carboxylic acids is 1. The summed E-state index contributed by atoms with van der Waals surface area (Å²) < 4.78 is 26.8. The monoisotopic (exact) mass is 506 g/mol. The van der Waals surface area contributed by atoms with E-state index in [0.717, 1.165) is 25.2 Å². The number of anilines is 2. The average Bonchev–Trinajstić information content (AvgIpc) is 2.89. The summed E-state index contributed by atoms with van der Waals surface area (Å²) in [7, 11) is -4.05. The van der Waals surface area contributed by atoms with E-state index in [4.69, 9.17) is 0 Å². The normalized spacial score (nSPS) is 14.2. The van der Waals surface area contributed by atoms with Crippen molar-refractivity contribution in [1.29, 1.82) is 0 Å². The molecule has 9 nitrogen and oxygen atoms in total. The molecule has 0 bridgehead atoms. The van der Waals surface area contributed by atoms with E-state index in [-0.39, 0.29) is 10.6 Å². The number of benzene rings is 3. The average molecular weight is 507 g/mol. The molecule has 0 radical (unpaired) electrons. The molecule has 1 amide bonds. The fraction of sp³-hybridized carbons (Fsp3) is 0.192. The van der Waals surface area contributed by atoms with E-state index >= 15 is 0 Å². The lowest BCUT2D eigenvalue weighted by atomic mass is 10.1. The van der Waals surface area contributed by atoms with Crippen LogP contribution in [0.5, 0.6) is 0 Å². The van der Waals surface area contributed by atoms with Crippen molar-refractivity contribution in [3.63, 3.8) is 0 Å². The lowest BCUT2D eigenvalue weighted by Gasteiger charge is -2.17. The molecule has 3 aromatic rings. The third kappa shape index (κ3) is 6.08. The zero-order chi connectivity index (χ0) is 25.5. The minimum atomic E-state index is -4.05. The van der Waals surface area contributed by atoms with Gasteiger partial charge in [-0.1, -0.05) is 36.4 Å². The maximum atomic E-state index is 13.4. The number of amides is 1. The van der Waals surface area contributed by atoms with Crippen molar-refractivity contribution in [2.75, 3.05) is 23.7 Å². The minimum Gasteiger partial charge on any atom is -0.481 e. The first-order valence-electron chi connectivity index (χ1n) is 11.4. The molecule has 4 N–H and O–H groups in total. The van der Waals surface area contributed by atoms with Crippen LogP contribution >= 0.6 is 0 Å². The molecule has 1 unspecified atom stereocenters. The van der Waals surface area contributed by atoms with Crippen LogP contribution in [0.25, 0.3) is 0 Å². The van der Waals surface area contributed by atoms with Gasteiger partial charge < -0.3 is 21.1 Å². The highest BCUT2D eigenvalue weighted by Crippen LogP contribution is 2.33. The molecule has 1 aliphatic heterocycles. The number of carbonyl (C=O) groups is 2. The lowest BCUT2D eigenvalue weighted by molar-refractivity contribution is -0.137. The number of aliphatic carboxylic acids is 1. The molecule has 10 heteroatoms. The van der Waals surface area contributed by atoms with Crippen molar-refractivity contribution in [2.45, 2.75) is 23.0 Å². The van der Waals surface area contributed by atoms with Crippen LogP contribution in [0.15, 0.2) is 88.8 Å². The number of carboxylic acid groups (broad SMARTS) is 1. The van der Waals surface area contributed by atoms with Crippen LogP contribution in [0.1, 0.15) is 34.0 Å². The minimum absolute atomic E-state index is 0.0734. The lowest BCUT2D eigenvalue weighted by Crippen LogP contribution is -2.35. The van der Waals surface area contributed by atoms with Gasteiger partial charge in [-0.25, -0.2) is 8.42 Å². The molecular formula is C26H26N4O5S. The Kier molecular flexibility index (Phi) is 7.65. The van der Waals surface area contributed by atoms with Gasteiger partial charge in [0.15, 0.2) is 15.8 Å². The second-order valence-electron chi connectivity index (χ2n) is 8.24. The fourth-order valence-corrected chi connectivity index (χ4v) is 5.57. The Morgan fingerprint density at radius 1 is 0.972 bits per heavy atom. The zero-order valence-corrected chi connectivity index (χ0v) is 20.2. The molecule has 4 rings (SSSR count). The smallest absolute Gasteiger partial charge is 0.305 e. The first-order valence-corrected chi connectivity index (χ1v) is 12.9. The Labute approximate surface area is 209 Å². The summed E-state index contributed by atoms with van der Waals surface area (Å²) in [6, 6.07) is 20.9. The fourth-order valence-electron chi connectivity index (χ4n) is 3.81. The van der Waals surface area contributed by atoms with Gasteiger partial charge in [-0.15, -0.1) is 0 Å². The molecule has 0 saturated carbocycles. The summed E-state index contributed by atoms with van der Waals surface area (Å²) in [5.41, 5.74) is 1.84. The number of nitrogens with zero attached hydrogens (tertiary/aromatic N) is 1. The molecule has 36 heavy (non-hydrogen) atoms. The second-order valence-corrected chi connectivity index (χ2v) is 10.4. The molecule has 1 aliphatic rings. The van der Waals surface area contributed by atoms with Gasteiger partial charge in [0.25, 0.3) is 5.91 Å². The first kappa shape index (κ1) is 24.9. The SMILES string of the molecule is O=C(O)CC(c1ccccc1)S(=O)(=O)c1cccc(NC(=O)c2ccc(NC3=NCCCN3)cc2)c1. The molecule has 1 atom stereocenters. The van der Waals surface area contributed by atoms with Gasteiger partial charge in [0, 0.05) is 30.0 Å². The van der Waals surface area contributed by atoms with Crippen LogP contribution in [-0.4, -0.2) is 44.4 Å². The van der Waals surface area contributed by atoms with Gasteiger partial charge in [-0.2, -0.15) is 0 Å². The third-order valence-corrected chi connectivity index (χ3v) is 7.73. The summed E-state index contributed by atoms with van der Waals surface area (Å²) in [5.74, 6) is -0.941. The summed E-state index contributed by atoms with van der Waals surface area (Å²) in [6.45, 7) is 1.61. The van der Waals surface area contributed by atoms with E-state index < -0.39 is 33.4 Å². The van der Waals surface area contributed by atoms with E-state index in [2.05, 4.69) is 20.9 Å². The van der Waals surface area contributed by atoms with Gasteiger partial charge in [0.1, 0.15) is 5.25 Å². The third-order valence-electron chi connectivity index (χ3n) is 5.63. The van der Waals surface area contributed by atoms with Crippen molar-refractivity contribution in [3.05, 3.63) is 90.0 Å². The Balaban J connectivity index is 1.50. The highest BCUT2D eigenvalue weighted by molar-refractivity contribution is 7.91. The topological polar surface area (TPSA) is 137 Å². The highest BCUT2D eigenvalue weighted by Gasteiger charge is 2.31. The molecular weight excluding hydrogens is 480 g/mol. The summed E-state index contributed by atoms with van der Waals surface area (Å²) >= 11 is 0. The van der Waals surface area contributed by atoms with Gasteiger partial charge >= 0.3 is 5.97 Å². The van der Waals surface area contributed by atoms with Crippen molar-refractivity contribution in [3.8, 4) is 0 Å². The number of carboxylic acids is 1. The van der Waals surface area contributed by atoms with Crippen molar-refractivity contribution in [2.24, 2.45) is 4.99 Å². The quantitative estimate of drug-likeness (QED) is 0.366. The number of nitrogens with one attached hydrogen (secondary N) is 3. The Bertz CT molecular complexity index is 1370. The van der Waals surface area contributed by atoms with Crippen LogP contribution < -0.4 is 16.0 Å². The molecule has 0 aromatic heterocycles. The zero-order valence-electron chi connectivity index (χ0n) is 19.3. The maximum absolute atomic E-state index is 13.4.